The largest absolute Gasteiger partial charge is 0.369 e. The number of piperazine rings is 1. The predicted octanol–water partition coefficient (Wildman–Crippen LogP) is 2.08. The maximum Gasteiger partial charge on any atom is 0.241 e. The smallest absolute Gasteiger partial charge is 0.241 e. The molecule has 2 aliphatic heterocycles. The lowest BCUT2D eigenvalue weighted by molar-refractivity contribution is -0.113. The summed E-state index contributed by atoms with van der Waals surface area (Å²) >= 11 is 0. The number of benzene rings is 1. The number of carbonyl (C=O) groups is 1. The zero-order valence-corrected chi connectivity index (χ0v) is 18.6. The number of carbonyl (C=O) groups excluding carboxylic acids is 1. The van der Waals surface area contributed by atoms with Crippen molar-refractivity contribution in [3.63, 3.8) is 0 Å². The van der Waals surface area contributed by atoms with Gasteiger partial charge in [0.25, 0.3) is 0 Å². The van der Waals surface area contributed by atoms with E-state index >= 15 is 0 Å². The van der Waals surface area contributed by atoms with Gasteiger partial charge in [-0.3, -0.25) is 4.79 Å². The molecule has 0 saturated carbocycles. The van der Waals surface area contributed by atoms with E-state index in [0.29, 0.717) is 37.7 Å². The first-order chi connectivity index (χ1) is 14.9. The molecule has 9 heteroatoms. The van der Waals surface area contributed by atoms with Crippen LogP contribution in [0.25, 0.3) is 0 Å². The number of hydrogen-bond acceptors (Lipinski definition) is 6. The first-order valence-corrected chi connectivity index (χ1v) is 12.3. The van der Waals surface area contributed by atoms with Crippen LogP contribution in [0.1, 0.15) is 18.4 Å². The van der Waals surface area contributed by atoms with Crippen molar-refractivity contribution in [1.82, 2.24) is 9.29 Å². The quantitative estimate of drug-likeness (QED) is 0.736. The van der Waals surface area contributed by atoms with Gasteiger partial charge >= 0.3 is 0 Å². The van der Waals surface area contributed by atoms with Crippen LogP contribution in [-0.2, 0) is 14.8 Å². The molecule has 0 bridgehead atoms. The molecule has 0 spiro atoms. The van der Waals surface area contributed by atoms with Crippen LogP contribution >= 0.6 is 0 Å². The maximum atomic E-state index is 12.8. The summed E-state index contributed by atoms with van der Waals surface area (Å²) in [4.78, 5) is 21.3. The van der Waals surface area contributed by atoms with Gasteiger partial charge in [0.2, 0.25) is 15.9 Å². The number of nitrogens with zero attached hydrogens (tertiary/aromatic N) is 4. The summed E-state index contributed by atoms with van der Waals surface area (Å²) in [5, 5.41) is 2.76. The SMILES string of the molecule is Cc1cccc(N2CCN(S(=O)(=O)CC(=O)Nc3cccnc3N3CCCC3)CC2)c1. The standard InChI is InChI=1S/C22H29N5O3S/c1-18-6-4-7-19(16-18)25-12-14-27(15-13-25)31(29,30)17-21(28)24-20-8-5-9-23-22(20)26-10-2-3-11-26/h4-9,16H,2-3,10-15,17H2,1H3,(H,24,28). The summed E-state index contributed by atoms with van der Waals surface area (Å²) in [5.41, 5.74) is 2.84. The van der Waals surface area contributed by atoms with Crippen molar-refractivity contribution >= 4 is 33.1 Å². The van der Waals surface area contributed by atoms with Gasteiger partial charge < -0.3 is 15.1 Å². The van der Waals surface area contributed by atoms with Gasteiger partial charge in [-0.15, -0.1) is 0 Å². The highest BCUT2D eigenvalue weighted by molar-refractivity contribution is 7.89. The highest BCUT2D eigenvalue weighted by Crippen LogP contribution is 2.26. The van der Waals surface area contributed by atoms with Gasteiger partial charge in [0.1, 0.15) is 5.75 Å². The Morgan fingerprint density at radius 1 is 1.00 bits per heavy atom. The third-order valence-electron chi connectivity index (χ3n) is 5.78. The van der Waals surface area contributed by atoms with Crippen LogP contribution in [0.3, 0.4) is 0 Å². The fraction of sp³-hybridized carbons (Fsp3) is 0.455. The molecule has 1 aromatic heterocycles. The van der Waals surface area contributed by atoms with E-state index in [9.17, 15) is 13.2 Å². The Labute approximate surface area is 183 Å². The van der Waals surface area contributed by atoms with Crippen molar-refractivity contribution in [1.29, 1.82) is 0 Å². The Morgan fingerprint density at radius 2 is 1.74 bits per heavy atom. The van der Waals surface area contributed by atoms with Crippen LogP contribution in [0.5, 0.6) is 0 Å². The Hall–Kier alpha value is -2.65. The highest BCUT2D eigenvalue weighted by atomic mass is 32.2. The van der Waals surface area contributed by atoms with Crippen molar-refractivity contribution < 1.29 is 13.2 Å². The molecule has 2 saturated heterocycles. The predicted molar refractivity (Wildman–Crippen MR) is 123 cm³/mol. The molecule has 0 radical (unpaired) electrons. The first-order valence-electron chi connectivity index (χ1n) is 10.7. The molecule has 0 unspecified atom stereocenters. The van der Waals surface area contributed by atoms with E-state index in [1.165, 1.54) is 9.87 Å². The van der Waals surface area contributed by atoms with Gasteiger partial charge in [-0.25, -0.2) is 13.4 Å². The second-order valence-corrected chi connectivity index (χ2v) is 10.1. The van der Waals surface area contributed by atoms with Gasteiger partial charge in [0.15, 0.2) is 5.82 Å². The zero-order valence-electron chi connectivity index (χ0n) is 17.8. The normalized spacial score (nSPS) is 17.7. The summed E-state index contributed by atoms with van der Waals surface area (Å²) in [6.45, 7) is 5.77. The molecule has 1 amide bonds. The molecular formula is C22H29N5O3S. The van der Waals surface area contributed by atoms with Crippen molar-refractivity contribution in [3.05, 3.63) is 48.2 Å². The minimum Gasteiger partial charge on any atom is -0.369 e. The second kappa shape index (κ2) is 9.23. The third kappa shape index (κ3) is 5.16. The first kappa shape index (κ1) is 21.6. The molecule has 3 heterocycles. The Bertz CT molecular complexity index is 1030. The van der Waals surface area contributed by atoms with Crippen molar-refractivity contribution in [2.75, 3.05) is 60.1 Å². The van der Waals surface area contributed by atoms with E-state index in [1.54, 1.807) is 18.3 Å². The zero-order chi connectivity index (χ0) is 21.8. The Morgan fingerprint density at radius 3 is 2.45 bits per heavy atom. The molecule has 1 N–H and O–H groups in total. The summed E-state index contributed by atoms with van der Waals surface area (Å²) < 4.78 is 27.1. The molecule has 2 fully saturated rings. The van der Waals surface area contributed by atoms with Crippen LogP contribution in [-0.4, -0.2) is 68.6 Å². The Kier molecular flexibility index (Phi) is 6.43. The molecule has 1 aromatic carbocycles. The maximum absolute atomic E-state index is 12.8. The fourth-order valence-corrected chi connectivity index (χ4v) is 5.47. The lowest BCUT2D eigenvalue weighted by Gasteiger charge is -2.35. The Balaban J connectivity index is 1.36. The second-order valence-electron chi connectivity index (χ2n) is 8.10. The lowest BCUT2D eigenvalue weighted by Crippen LogP contribution is -2.50. The molecule has 0 aliphatic carbocycles. The molecule has 8 nitrogen and oxygen atoms in total. The number of aryl methyl sites for hydroxylation is 1. The average Bonchev–Trinajstić information content (AvgIpc) is 3.28. The van der Waals surface area contributed by atoms with E-state index in [4.69, 9.17) is 0 Å². The van der Waals surface area contributed by atoms with E-state index in [-0.39, 0.29) is 0 Å². The minimum atomic E-state index is -3.69. The van der Waals surface area contributed by atoms with Crippen molar-refractivity contribution in [3.8, 4) is 0 Å². The molecular weight excluding hydrogens is 414 g/mol. The van der Waals surface area contributed by atoms with Crippen LogP contribution in [0.15, 0.2) is 42.6 Å². The summed E-state index contributed by atoms with van der Waals surface area (Å²) in [7, 11) is -3.69. The molecule has 2 aliphatic rings. The van der Waals surface area contributed by atoms with Gasteiger partial charge in [-0.1, -0.05) is 12.1 Å². The highest BCUT2D eigenvalue weighted by Gasteiger charge is 2.29. The van der Waals surface area contributed by atoms with E-state index in [1.807, 2.05) is 25.1 Å². The van der Waals surface area contributed by atoms with E-state index < -0.39 is 21.7 Å². The molecule has 2 aromatic rings. The fourth-order valence-electron chi connectivity index (χ4n) is 4.17. The summed E-state index contributed by atoms with van der Waals surface area (Å²) in [6, 6.07) is 11.7. The number of pyridine rings is 1. The van der Waals surface area contributed by atoms with Gasteiger partial charge in [0.05, 0.1) is 5.69 Å². The number of sulfonamides is 1. The topological polar surface area (TPSA) is 85.8 Å². The van der Waals surface area contributed by atoms with E-state index in [0.717, 1.165) is 31.6 Å². The van der Waals surface area contributed by atoms with Gasteiger partial charge in [0, 0.05) is 51.2 Å². The molecule has 166 valence electrons. The van der Waals surface area contributed by atoms with Crippen LogP contribution in [0.4, 0.5) is 17.2 Å². The summed E-state index contributed by atoms with van der Waals surface area (Å²) in [6.07, 6.45) is 3.87. The third-order valence-corrected chi connectivity index (χ3v) is 7.56. The van der Waals surface area contributed by atoms with Crippen molar-refractivity contribution in [2.24, 2.45) is 0 Å². The average molecular weight is 444 g/mol. The van der Waals surface area contributed by atoms with Gasteiger partial charge in [-0.05, 0) is 49.6 Å². The van der Waals surface area contributed by atoms with Crippen molar-refractivity contribution in [2.45, 2.75) is 19.8 Å². The molecule has 31 heavy (non-hydrogen) atoms. The minimum absolute atomic E-state index is 0.371. The van der Waals surface area contributed by atoms with Crippen LogP contribution in [0.2, 0.25) is 0 Å². The van der Waals surface area contributed by atoms with Gasteiger partial charge in [-0.2, -0.15) is 4.31 Å². The number of aromatic nitrogens is 1. The number of hydrogen-bond donors (Lipinski definition) is 1. The number of anilines is 3. The molecule has 0 atom stereocenters. The number of amides is 1. The number of nitrogens with one attached hydrogen (secondary N) is 1. The lowest BCUT2D eigenvalue weighted by atomic mass is 10.2. The molecule has 4 rings (SSSR count). The van der Waals surface area contributed by atoms with Crippen LogP contribution in [0, 0.1) is 6.92 Å². The van der Waals surface area contributed by atoms with Crippen LogP contribution < -0.4 is 15.1 Å². The summed E-state index contributed by atoms with van der Waals surface area (Å²) in [5.74, 6) is -0.390. The van der Waals surface area contributed by atoms with E-state index in [2.05, 4.69) is 26.2 Å². The number of rotatable bonds is 6. The monoisotopic (exact) mass is 443 g/mol.